The van der Waals surface area contributed by atoms with Gasteiger partial charge in [0.05, 0.1) is 0 Å². The van der Waals surface area contributed by atoms with Crippen molar-refractivity contribution >= 4 is 17.5 Å². The summed E-state index contributed by atoms with van der Waals surface area (Å²) in [6.07, 6.45) is 6.86. The van der Waals surface area contributed by atoms with Gasteiger partial charge in [-0.3, -0.25) is 19.5 Å². The molecule has 0 spiro atoms. The second-order valence-electron chi connectivity index (χ2n) is 8.95. The Bertz CT molecular complexity index is 894. The summed E-state index contributed by atoms with van der Waals surface area (Å²) in [5, 5.41) is 3.00. The normalized spacial score (nSPS) is 15.9. The molecule has 3 rings (SSSR count). The Morgan fingerprint density at radius 3 is 2.34 bits per heavy atom. The Morgan fingerprint density at radius 2 is 1.86 bits per heavy atom. The van der Waals surface area contributed by atoms with E-state index >= 15 is 0 Å². The first-order valence-electron chi connectivity index (χ1n) is 9.93. The van der Waals surface area contributed by atoms with Gasteiger partial charge in [-0.1, -0.05) is 31.7 Å². The van der Waals surface area contributed by atoms with Gasteiger partial charge in [0.1, 0.15) is 6.04 Å². The van der Waals surface area contributed by atoms with Crippen molar-refractivity contribution in [3.05, 3.63) is 72.6 Å². The molecule has 1 aliphatic carbocycles. The van der Waals surface area contributed by atoms with Gasteiger partial charge in [0, 0.05) is 29.2 Å². The maximum atomic E-state index is 13.3. The lowest BCUT2D eigenvalue weighted by molar-refractivity contribution is -0.126. The molecular formula is C24H29N3O2. The van der Waals surface area contributed by atoms with E-state index in [1.54, 1.807) is 18.5 Å². The maximum absolute atomic E-state index is 13.3. The molecule has 2 amide bonds. The maximum Gasteiger partial charge on any atom is 0.251 e. The molecule has 0 radical (unpaired) electrons. The van der Waals surface area contributed by atoms with E-state index in [0.717, 1.165) is 0 Å². The summed E-state index contributed by atoms with van der Waals surface area (Å²) < 4.78 is 0. The fourth-order valence-corrected chi connectivity index (χ4v) is 3.40. The zero-order chi connectivity index (χ0) is 21.2. The molecule has 5 nitrogen and oxygen atoms in total. The van der Waals surface area contributed by atoms with Gasteiger partial charge in [-0.2, -0.15) is 0 Å². The molecule has 1 N–H and O–H groups in total. The van der Waals surface area contributed by atoms with Crippen LogP contribution in [-0.4, -0.2) is 22.3 Å². The molecular weight excluding hydrogens is 362 g/mol. The molecule has 1 aliphatic rings. The average molecular weight is 392 g/mol. The molecule has 1 fully saturated rings. The first kappa shape index (κ1) is 20.8. The number of amides is 2. The van der Waals surface area contributed by atoms with Crippen molar-refractivity contribution in [2.45, 2.75) is 57.5 Å². The van der Waals surface area contributed by atoms with E-state index in [-0.39, 0.29) is 17.2 Å². The van der Waals surface area contributed by atoms with Crippen molar-refractivity contribution in [3.8, 4) is 0 Å². The molecule has 152 valence electrons. The minimum absolute atomic E-state index is 0.234. The molecule has 1 saturated carbocycles. The highest BCUT2D eigenvalue weighted by Gasteiger charge is 2.39. The van der Waals surface area contributed by atoms with Crippen LogP contribution in [0.4, 0.5) is 5.69 Å². The standard InChI is InChI=1S/C24H29N3O2/c1-6-20(28)27(19-11-9-18(10-12-19)24(5)13-14-24)21(17-8-7-15-25-16-17)22(29)26-23(2,3)4/h6-12,15-16,21H,1,13-14H2,2-5H3,(H,26,29). The molecule has 2 aromatic rings. The van der Waals surface area contributed by atoms with Gasteiger partial charge in [0.25, 0.3) is 5.91 Å². The van der Waals surface area contributed by atoms with E-state index in [1.807, 2.05) is 51.1 Å². The number of aromatic nitrogens is 1. The van der Waals surface area contributed by atoms with Gasteiger partial charge in [-0.15, -0.1) is 0 Å². The summed E-state index contributed by atoms with van der Waals surface area (Å²) in [5.74, 6) is -0.604. The van der Waals surface area contributed by atoms with Crippen molar-refractivity contribution in [1.82, 2.24) is 10.3 Å². The van der Waals surface area contributed by atoms with E-state index in [2.05, 4.69) is 23.8 Å². The lowest BCUT2D eigenvalue weighted by Gasteiger charge is -2.33. The number of carbonyl (C=O) groups is 2. The topological polar surface area (TPSA) is 62.3 Å². The van der Waals surface area contributed by atoms with Crippen molar-refractivity contribution in [3.63, 3.8) is 0 Å². The number of benzene rings is 1. The fraction of sp³-hybridized carbons (Fsp3) is 0.375. The van der Waals surface area contributed by atoms with Crippen LogP contribution in [0.25, 0.3) is 0 Å². The van der Waals surface area contributed by atoms with E-state index in [9.17, 15) is 9.59 Å². The van der Waals surface area contributed by atoms with Crippen molar-refractivity contribution in [1.29, 1.82) is 0 Å². The first-order valence-corrected chi connectivity index (χ1v) is 9.93. The number of carbonyl (C=O) groups excluding carboxylic acids is 2. The molecule has 0 saturated heterocycles. The number of anilines is 1. The van der Waals surface area contributed by atoms with Gasteiger partial charge in [-0.05, 0) is 68.9 Å². The van der Waals surface area contributed by atoms with Crippen molar-refractivity contribution in [2.24, 2.45) is 0 Å². The third kappa shape index (κ3) is 4.73. The van der Waals surface area contributed by atoms with Crippen molar-refractivity contribution < 1.29 is 9.59 Å². The lowest BCUT2D eigenvalue weighted by Crippen LogP contribution is -2.49. The Labute approximate surface area is 172 Å². The number of nitrogens with one attached hydrogen (secondary N) is 1. The third-order valence-corrected chi connectivity index (χ3v) is 5.26. The van der Waals surface area contributed by atoms with E-state index in [0.29, 0.717) is 11.3 Å². The summed E-state index contributed by atoms with van der Waals surface area (Å²) in [6, 6.07) is 10.6. The smallest absolute Gasteiger partial charge is 0.251 e. The Morgan fingerprint density at radius 1 is 1.21 bits per heavy atom. The minimum atomic E-state index is -0.851. The molecule has 1 aromatic carbocycles. The van der Waals surface area contributed by atoms with Gasteiger partial charge in [-0.25, -0.2) is 0 Å². The van der Waals surface area contributed by atoms with Gasteiger partial charge >= 0.3 is 0 Å². The van der Waals surface area contributed by atoms with Crippen LogP contribution in [0.2, 0.25) is 0 Å². The molecule has 1 aromatic heterocycles. The number of hydrogen-bond acceptors (Lipinski definition) is 3. The minimum Gasteiger partial charge on any atom is -0.349 e. The summed E-state index contributed by atoms with van der Waals surface area (Å²) in [6.45, 7) is 11.6. The van der Waals surface area contributed by atoms with E-state index < -0.39 is 11.6 Å². The SMILES string of the molecule is C=CC(=O)N(c1ccc(C2(C)CC2)cc1)C(C(=O)NC(C)(C)C)c1cccnc1. The van der Waals surface area contributed by atoms with Crippen LogP contribution in [0.1, 0.15) is 57.7 Å². The highest BCUT2D eigenvalue weighted by molar-refractivity contribution is 6.06. The predicted molar refractivity (Wildman–Crippen MR) is 116 cm³/mol. The first-order chi connectivity index (χ1) is 13.6. The highest BCUT2D eigenvalue weighted by Crippen LogP contribution is 2.47. The summed E-state index contributed by atoms with van der Waals surface area (Å²) in [5.41, 5.74) is 2.34. The molecule has 1 atom stereocenters. The molecule has 29 heavy (non-hydrogen) atoms. The molecule has 1 heterocycles. The Kier molecular flexibility index (Phi) is 5.60. The largest absolute Gasteiger partial charge is 0.349 e. The van der Waals surface area contributed by atoms with Crippen LogP contribution in [0.3, 0.4) is 0 Å². The molecule has 0 bridgehead atoms. The van der Waals surface area contributed by atoms with Crippen LogP contribution >= 0.6 is 0 Å². The Hall–Kier alpha value is -2.95. The van der Waals surface area contributed by atoms with Crippen LogP contribution < -0.4 is 10.2 Å². The quantitative estimate of drug-likeness (QED) is 0.747. The van der Waals surface area contributed by atoms with Crippen LogP contribution in [0, 0.1) is 0 Å². The molecule has 0 aliphatic heterocycles. The van der Waals surface area contributed by atoms with Crippen molar-refractivity contribution in [2.75, 3.05) is 4.90 Å². The molecule has 5 heteroatoms. The fourth-order valence-electron chi connectivity index (χ4n) is 3.40. The lowest BCUT2D eigenvalue weighted by atomic mass is 9.97. The molecule has 1 unspecified atom stereocenters. The zero-order valence-corrected chi connectivity index (χ0v) is 17.6. The summed E-state index contributed by atoms with van der Waals surface area (Å²) in [7, 11) is 0. The van der Waals surface area contributed by atoms with Gasteiger partial charge in [0.15, 0.2) is 0 Å². The number of hydrogen-bond donors (Lipinski definition) is 1. The van der Waals surface area contributed by atoms with Crippen LogP contribution in [0.15, 0.2) is 61.4 Å². The van der Waals surface area contributed by atoms with Gasteiger partial charge in [0.2, 0.25) is 5.91 Å². The zero-order valence-electron chi connectivity index (χ0n) is 17.6. The Balaban J connectivity index is 2.05. The van der Waals surface area contributed by atoms with E-state index in [4.69, 9.17) is 0 Å². The third-order valence-electron chi connectivity index (χ3n) is 5.26. The number of rotatable bonds is 6. The van der Waals surface area contributed by atoms with Gasteiger partial charge < -0.3 is 5.32 Å². The van der Waals surface area contributed by atoms with Crippen LogP contribution in [0.5, 0.6) is 0 Å². The summed E-state index contributed by atoms with van der Waals surface area (Å²) in [4.78, 5) is 31.8. The highest BCUT2D eigenvalue weighted by atomic mass is 16.2. The second kappa shape index (κ2) is 7.82. The summed E-state index contributed by atoms with van der Waals surface area (Å²) >= 11 is 0. The number of nitrogens with zero attached hydrogens (tertiary/aromatic N) is 2. The monoisotopic (exact) mass is 391 g/mol. The predicted octanol–water partition coefficient (Wildman–Crippen LogP) is 4.31. The second-order valence-corrected chi connectivity index (χ2v) is 8.95. The average Bonchev–Trinajstić information content (AvgIpc) is 3.43. The van der Waals surface area contributed by atoms with Crippen LogP contribution in [-0.2, 0) is 15.0 Å². The van der Waals surface area contributed by atoms with E-state index in [1.165, 1.54) is 29.4 Å². The number of pyridine rings is 1.